The number of benzene rings is 1. The fraction of sp³-hybridized carbons (Fsp3) is 0.636. The predicted molar refractivity (Wildman–Crippen MR) is 106 cm³/mol. The molecule has 1 aliphatic carbocycles. The summed E-state index contributed by atoms with van der Waals surface area (Å²) in [4.78, 5) is 26.9. The number of esters is 1. The first-order valence-electron chi connectivity index (χ1n) is 9.91. The number of ether oxygens (including phenoxy) is 2. The Balaban J connectivity index is 2.13. The highest BCUT2D eigenvalue weighted by molar-refractivity contribution is 5.79. The second kappa shape index (κ2) is 9.77. The molecule has 0 aliphatic heterocycles. The van der Waals surface area contributed by atoms with Gasteiger partial charge in [-0.3, -0.25) is 9.59 Å². The van der Waals surface area contributed by atoms with Gasteiger partial charge in [0.2, 0.25) is 0 Å². The number of amides is 1. The van der Waals surface area contributed by atoms with E-state index in [1.54, 1.807) is 0 Å². The van der Waals surface area contributed by atoms with Crippen LogP contribution in [-0.2, 0) is 14.3 Å². The maximum Gasteiger partial charge on any atom is 0.310 e. The Morgan fingerprint density at radius 2 is 1.81 bits per heavy atom. The number of hydrogen-bond donors (Lipinski definition) is 0. The lowest BCUT2D eigenvalue weighted by molar-refractivity contribution is -0.148. The average Bonchev–Trinajstić information content (AvgIpc) is 2.65. The first kappa shape index (κ1) is 21.3. The zero-order valence-electron chi connectivity index (χ0n) is 17.3. The lowest BCUT2D eigenvalue weighted by Gasteiger charge is -2.39. The van der Waals surface area contributed by atoms with E-state index in [-0.39, 0.29) is 30.4 Å². The van der Waals surface area contributed by atoms with Gasteiger partial charge >= 0.3 is 5.97 Å². The topological polar surface area (TPSA) is 55.8 Å². The van der Waals surface area contributed by atoms with Gasteiger partial charge in [-0.15, -0.1) is 0 Å². The van der Waals surface area contributed by atoms with E-state index in [1.807, 2.05) is 43.9 Å². The molecule has 2 rings (SSSR count). The summed E-state index contributed by atoms with van der Waals surface area (Å²) in [6.07, 6.45) is 4.40. The van der Waals surface area contributed by atoms with Gasteiger partial charge < -0.3 is 14.4 Å². The van der Waals surface area contributed by atoms with Gasteiger partial charge in [-0.05, 0) is 43.7 Å². The van der Waals surface area contributed by atoms with Gasteiger partial charge in [0.1, 0.15) is 5.75 Å². The molecule has 5 heteroatoms. The minimum atomic E-state index is -0.353. The normalized spacial score (nSPS) is 20.6. The number of hydrogen-bond acceptors (Lipinski definition) is 4. The molecule has 1 fully saturated rings. The van der Waals surface area contributed by atoms with E-state index in [0.717, 1.165) is 36.1 Å². The number of rotatable bonds is 7. The van der Waals surface area contributed by atoms with Crippen molar-refractivity contribution in [2.45, 2.75) is 59.4 Å². The van der Waals surface area contributed by atoms with E-state index in [0.29, 0.717) is 12.5 Å². The fourth-order valence-electron chi connectivity index (χ4n) is 4.00. The van der Waals surface area contributed by atoms with Crippen LogP contribution in [0.3, 0.4) is 0 Å². The number of para-hydroxylation sites is 1. The second-order valence-electron chi connectivity index (χ2n) is 7.81. The third-order valence-electron chi connectivity index (χ3n) is 5.61. The standard InChI is InChI=1S/C22H33NO4/c1-15-9-6-7-12-19(15)23(13-18(4)22(25)26-5)20(24)14-27-21-16(2)10-8-11-17(21)3/h8,10-11,15,18-19H,6-7,9,12-14H2,1-5H3. The van der Waals surface area contributed by atoms with Crippen molar-refractivity contribution in [3.63, 3.8) is 0 Å². The minimum absolute atomic E-state index is 0.0111. The van der Waals surface area contributed by atoms with Crippen molar-refractivity contribution in [1.82, 2.24) is 4.90 Å². The minimum Gasteiger partial charge on any atom is -0.483 e. The van der Waals surface area contributed by atoms with E-state index in [2.05, 4.69) is 6.92 Å². The highest BCUT2D eigenvalue weighted by Crippen LogP contribution is 2.29. The van der Waals surface area contributed by atoms with Gasteiger partial charge in [-0.1, -0.05) is 44.9 Å². The number of nitrogens with zero attached hydrogens (tertiary/aromatic N) is 1. The van der Waals surface area contributed by atoms with Gasteiger partial charge in [0, 0.05) is 12.6 Å². The quantitative estimate of drug-likeness (QED) is 0.678. The van der Waals surface area contributed by atoms with Crippen molar-refractivity contribution >= 4 is 11.9 Å². The number of carbonyl (C=O) groups is 2. The molecule has 1 aliphatic rings. The maximum atomic E-state index is 13.1. The van der Waals surface area contributed by atoms with Crippen molar-refractivity contribution in [3.05, 3.63) is 29.3 Å². The molecule has 3 unspecified atom stereocenters. The Kier molecular flexibility index (Phi) is 7.69. The van der Waals surface area contributed by atoms with Gasteiger partial charge in [-0.2, -0.15) is 0 Å². The molecule has 150 valence electrons. The Labute approximate surface area is 163 Å². The third-order valence-corrected chi connectivity index (χ3v) is 5.61. The van der Waals surface area contributed by atoms with E-state index < -0.39 is 0 Å². The molecular weight excluding hydrogens is 342 g/mol. The Morgan fingerprint density at radius 1 is 1.19 bits per heavy atom. The molecule has 3 atom stereocenters. The van der Waals surface area contributed by atoms with Crippen LogP contribution < -0.4 is 4.74 Å². The lowest BCUT2D eigenvalue weighted by atomic mass is 9.84. The van der Waals surface area contributed by atoms with E-state index in [1.165, 1.54) is 13.5 Å². The summed E-state index contributed by atoms with van der Waals surface area (Å²) in [5.74, 6) is 0.489. The van der Waals surface area contributed by atoms with Crippen molar-refractivity contribution in [1.29, 1.82) is 0 Å². The molecule has 1 aromatic carbocycles. The predicted octanol–water partition coefficient (Wildman–Crippen LogP) is 3.90. The molecule has 1 amide bonds. The molecule has 0 radical (unpaired) electrons. The monoisotopic (exact) mass is 375 g/mol. The number of aryl methyl sites for hydroxylation is 2. The van der Waals surface area contributed by atoms with Crippen LogP contribution in [0.15, 0.2) is 18.2 Å². The van der Waals surface area contributed by atoms with Gasteiger partial charge in [0.25, 0.3) is 5.91 Å². The van der Waals surface area contributed by atoms with Crippen LogP contribution in [0.2, 0.25) is 0 Å². The van der Waals surface area contributed by atoms with Crippen molar-refractivity contribution in [2.75, 3.05) is 20.3 Å². The SMILES string of the molecule is COC(=O)C(C)CN(C(=O)COc1c(C)cccc1C)C1CCCCC1C. The van der Waals surface area contributed by atoms with Crippen LogP contribution in [0.4, 0.5) is 0 Å². The lowest BCUT2D eigenvalue weighted by Crippen LogP contribution is -2.49. The van der Waals surface area contributed by atoms with Crippen molar-refractivity contribution < 1.29 is 19.1 Å². The molecule has 5 nitrogen and oxygen atoms in total. The van der Waals surface area contributed by atoms with Crippen LogP contribution in [0.5, 0.6) is 5.75 Å². The molecule has 1 aromatic rings. The molecule has 0 heterocycles. The zero-order valence-corrected chi connectivity index (χ0v) is 17.3. The summed E-state index contributed by atoms with van der Waals surface area (Å²) < 4.78 is 10.8. The Hall–Kier alpha value is -2.04. The molecule has 1 saturated carbocycles. The van der Waals surface area contributed by atoms with Crippen molar-refractivity contribution in [2.24, 2.45) is 11.8 Å². The maximum absolute atomic E-state index is 13.1. The van der Waals surface area contributed by atoms with Crippen LogP contribution >= 0.6 is 0 Å². The Morgan fingerprint density at radius 3 is 2.41 bits per heavy atom. The van der Waals surface area contributed by atoms with Gasteiger partial charge in [0.15, 0.2) is 6.61 Å². The molecule has 27 heavy (non-hydrogen) atoms. The van der Waals surface area contributed by atoms with Crippen LogP contribution in [0.1, 0.15) is 50.7 Å². The van der Waals surface area contributed by atoms with Crippen LogP contribution in [0, 0.1) is 25.7 Å². The average molecular weight is 376 g/mol. The van der Waals surface area contributed by atoms with Crippen LogP contribution in [0.25, 0.3) is 0 Å². The molecule has 0 spiro atoms. The second-order valence-corrected chi connectivity index (χ2v) is 7.81. The summed E-state index contributed by atoms with van der Waals surface area (Å²) >= 11 is 0. The van der Waals surface area contributed by atoms with Gasteiger partial charge in [0.05, 0.1) is 13.0 Å². The third kappa shape index (κ3) is 5.47. The number of methoxy groups -OCH3 is 1. The summed E-state index contributed by atoms with van der Waals surface area (Å²) in [6, 6.07) is 6.09. The van der Waals surface area contributed by atoms with Gasteiger partial charge in [-0.25, -0.2) is 0 Å². The fourth-order valence-corrected chi connectivity index (χ4v) is 4.00. The molecular formula is C22H33NO4. The summed E-state index contributed by atoms with van der Waals surface area (Å²) in [5, 5.41) is 0. The smallest absolute Gasteiger partial charge is 0.310 e. The van der Waals surface area contributed by atoms with E-state index >= 15 is 0 Å². The number of carbonyl (C=O) groups excluding carboxylic acids is 2. The first-order chi connectivity index (χ1) is 12.8. The van der Waals surface area contributed by atoms with Crippen LogP contribution in [-0.4, -0.2) is 43.1 Å². The Bertz CT molecular complexity index is 637. The zero-order chi connectivity index (χ0) is 20.0. The largest absolute Gasteiger partial charge is 0.483 e. The molecule has 0 bridgehead atoms. The van der Waals surface area contributed by atoms with Crippen molar-refractivity contribution in [3.8, 4) is 5.75 Å². The van der Waals surface area contributed by atoms with E-state index in [9.17, 15) is 9.59 Å². The van der Waals surface area contributed by atoms with E-state index in [4.69, 9.17) is 9.47 Å². The highest BCUT2D eigenvalue weighted by Gasteiger charge is 2.33. The summed E-state index contributed by atoms with van der Waals surface area (Å²) in [5.41, 5.74) is 2.03. The highest BCUT2D eigenvalue weighted by atomic mass is 16.5. The molecule has 0 saturated heterocycles. The summed E-state index contributed by atoms with van der Waals surface area (Å²) in [6.45, 7) is 8.32. The first-order valence-corrected chi connectivity index (χ1v) is 9.91. The molecule has 0 N–H and O–H groups in total. The molecule has 0 aromatic heterocycles. The summed E-state index contributed by atoms with van der Waals surface area (Å²) in [7, 11) is 1.39.